The van der Waals surface area contributed by atoms with Crippen LogP contribution in [0.25, 0.3) is 5.78 Å². The van der Waals surface area contributed by atoms with E-state index >= 15 is 0 Å². The van der Waals surface area contributed by atoms with Crippen LogP contribution in [0.2, 0.25) is 0 Å². The number of carbonyl (C=O) groups excluding carboxylic acids is 1. The minimum absolute atomic E-state index is 0.307. The molecule has 0 aliphatic heterocycles. The molecule has 2 aromatic rings. The van der Waals surface area contributed by atoms with Gasteiger partial charge in [0, 0.05) is 18.5 Å². The zero-order valence-electron chi connectivity index (χ0n) is 8.63. The topological polar surface area (TPSA) is 65.6 Å². The average molecular weight is 243 g/mol. The fourth-order valence-electron chi connectivity index (χ4n) is 1.37. The van der Waals surface area contributed by atoms with Gasteiger partial charge in [0.2, 0.25) is 5.78 Å². The minimum Gasteiger partial charge on any atom is -0.464 e. The molecule has 0 bridgehead atoms. The van der Waals surface area contributed by atoms with Crippen molar-refractivity contribution >= 4 is 11.7 Å². The number of hydrogen-bond acceptors (Lipinski definition) is 4. The van der Waals surface area contributed by atoms with Crippen molar-refractivity contribution in [1.82, 2.24) is 14.0 Å². The van der Waals surface area contributed by atoms with Gasteiger partial charge in [-0.3, -0.25) is 13.8 Å². The molecule has 6 nitrogen and oxygen atoms in total. The number of carbonyl (C=O) groups is 1. The molecule has 0 spiro atoms. The Balaban J connectivity index is 2.73. The van der Waals surface area contributed by atoms with Crippen molar-refractivity contribution in [2.45, 2.75) is 6.55 Å². The van der Waals surface area contributed by atoms with E-state index in [1.807, 2.05) is 0 Å². The molecule has 0 atom stereocenters. The predicted octanol–water partition coefficient (Wildman–Crippen LogP) is 0.678. The van der Waals surface area contributed by atoms with Gasteiger partial charge in [-0.1, -0.05) is 0 Å². The van der Waals surface area contributed by atoms with Crippen LogP contribution < -0.4 is 5.56 Å². The second-order valence-corrected chi connectivity index (χ2v) is 3.12. The van der Waals surface area contributed by atoms with Crippen LogP contribution in [0.5, 0.6) is 0 Å². The molecule has 0 aliphatic carbocycles. The minimum atomic E-state index is -2.85. The zero-order chi connectivity index (χ0) is 12.6. The lowest BCUT2D eigenvalue weighted by Crippen LogP contribution is -2.18. The van der Waals surface area contributed by atoms with Crippen molar-refractivity contribution < 1.29 is 18.3 Å². The summed E-state index contributed by atoms with van der Waals surface area (Å²) in [6.45, 7) is -2.85. The molecular formula is C9H7F2N3O3. The first kappa shape index (κ1) is 11.2. The summed E-state index contributed by atoms with van der Waals surface area (Å²) in [7, 11) is 1.11. The Morgan fingerprint density at radius 3 is 2.76 bits per heavy atom. The lowest BCUT2D eigenvalue weighted by atomic mass is 10.4. The fraction of sp³-hybridized carbons (Fsp3) is 0.222. The summed E-state index contributed by atoms with van der Waals surface area (Å²) in [4.78, 5) is 26.4. The second-order valence-electron chi connectivity index (χ2n) is 3.12. The Hall–Kier alpha value is -2.25. The summed E-state index contributed by atoms with van der Waals surface area (Å²) in [5.74, 6) is -1.17. The molecule has 17 heavy (non-hydrogen) atoms. The molecule has 0 aromatic carbocycles. The highest BCUT2D eigenvalue weighted by molar-refractivity contribution is 5.87. The van der Waals surface area contributed by atoms with Gasteiger partial charge in [0.05, 0.1) is 7.11 Å². The maximum absolute atomic E-state index is 12.6. The number of aromatic nitrogens is 3. The summed E-state index contributed by atoms with van der Waals surface area (Å²) in [6.07, 6.45) is 2.16. The first-order valence-electron chi connectivity index (χ1n) is 4.51. The van der Waals surface area contributed by atoms with Crippen molar-refractivity contribution in [3.05, 3.63) is 34.5 Å². The van der Waals surface area contributed by atoms with E-state index in [0.29, 0.717) is 4.57 Å². The molecule has 0 N–H and O–H groups in total. The number of halogens is 2. The lowest BCUT2D eigenvalue weighted by molar-refractivity contribution is 0.0590. The Morgan fingerprint density at radius 1 is 1.47 bits per heavy atom. The van der Waals surface area contributed by atoms with Crippen LogP contribution in [0.4, 0.5) is 8.78 Å². The van der Waals surface area contributed by atoms with Crippen molar-refractivity contribution in [3.63, 3.8) is 0 Å². The van der Waals surface area contributed by atoms with Crippen LogP contribution in [0.15, 0.2) is 23.3 Å². The zero-order valence-corrected chi connectivity index (χ0v) is 8.63. The molecule has 0 aliphatic rings. The molecule has 0 unspecified atom stereocenters. The number of nitrogens with zero attached hydrogens (tertiary/aromatic N) is 3. The van der Waals surface area contributed by atoms with Gasteiger partial charge in [-0.15, -0.1) is 0 Å². The number of methoxy groups -OCH3 is 1. The number of fused-ring (bicyclic) bond motifs is 1. The van der Waals surface area contributed by atoms with Gasteiger partial charge in [-0.2, -0.15) is 8.78 Å². The number of alkyl halides is 2. The van der Waals surface area contributed by atoms with Crippen molar-refractivity contribution in [2.75, 3.05) is 7.11 Å². The first-order valence-corrected chi connectivity index (χ1v) is 4.51. The third-order valence-electron chi connectivity index (χ3n) is 2.15. The van der Waals surface area contributed by atoms with Crippen LogP contribution >= 0.6 is 0 Å². The molecule has 2 aromatic heterocycles. The maximum atomic E-state index is 12.6. The molecule has 0 saturated carbocycles. The second kappa shape index (κ2) is 3.96. The standard InChI is InChI=1S/C9H7F2N3O3/c1-17-7(16)5-4-6(15)13-2-3-14(8(10)11)9(13)12-5/h2-4,8H,1H3. The lowest BCUT2D eigenvalue weighted by Gasteiger charge is -2.03. The SMILES string of the molecule is COC(=O)c1cc(=O)n2ccn(C(F)F)c2n1. The summed E-state index contributed by atoms with van der Waals surface area (Å²) in [5.41, 5.74) is -0.937. The van der Waals surface area contributed by atoms with Gasteiger partial charge < -0.3 is 4.74 Å². The number of ether oxygens (including phenoxy) is 1. The molecular weight excluding hydrogens is 236 g/mol. The first-order chi connectivity index (χ1) is 8.04. The van der Waals surface area contributed by atoms with Gasteiger partial charge in [0.25, 0.3) is 5.56 Å². The third-order valence-corrected chi connectivity index (χ3v) is 2.15. The summed E-state index contributed by atoms with van der Waals surface area (Å²) in [5, 5.41) is 0. The van der Waals surface area contributed by atoms with E-state index in [0.717, 1.165) is 30.0 Å². The number of esters is 1. The quantitative estimate of drug-likeness (QED) is 0.727. The smallest absolute Gasteiger partial charge is 0.357 e. The van der Waals surface area contributed by atoms with E-state index in [1.165, 1.54) is 0 Å². The number of imidazole rings is 1. The van der Waals surface area contributed by atoms with Crippen LogP contribution in [-0.4, -0.2) is 27.0 Å². The predicted molar refractivity (Wildman–Crippen MR) is 52.0 cm³/mol. The summed E-state index contributed by atoms with van der Waals surface area (Å²) >= 11 is 0. The molecule has 0 fully saturated rings. The van der Waals surface area contributed by atoms with Crippen molar-refractivity contribution in [3.8, 4) is 0 Å². The normalized spacial score (nSPS) is 11.1. The Labute approximate surface area is 93.1 Å². The monoisotopic (exact) mass is 243 g/mol. The molecule has 0 saturated heterocycles. The molecule has 8 heteroatoms. The number of hydrogen-bond donors (Lipinski definition) is 0. The van der Waals surface area contributed by atoms with E-state index in [9.17, 15) is 18.4 Å². The van der Waals surface area contributed by atoms with Crippen molar-refractivity contribution in [1.29, 1.82) is 0 Å². The molecule has 90 valence electrons. The Morgan fingerprint density at radius 2 is 2.18 bits per heavy atom. The number of rotatable bonds is 2. The van der Waals surface area contributed by atoms with Gasteiger partial charge >= 0.3 is 12.5 Å². The van der Waals surface area contributed by atoms with Gasteiger partial charge in [0.15, 0.2) is 5.69 Å². The van der Waals surface area contributed by atoms with Crippen molar-refractivity contribution in [2.24, 2.45) is 0 Å². The van der Waals surface area contributed by atoms with Gasteiger partial charge in [0.1, 0.15) is 0 Å². The highest BCUT2D eigenvalue weighted by atomic mass is 19.3. The van der Waals surface area contributed by atoms with Gasteiger partial charge in [-0.05, 0) is 0 Å². The third kappa shape index (κ3) is 1.77. The van der Waals surface area contributed by atoms with E-state index in [4.69, 9.17) is 0 Å². The van der Waals surface area contributed by atoms with Crippen LogP contribution in [0, 0.1) is 0 Å². The maximum Gasteiger partial charge on any atom is 0.357 e. The van der Waals surface area contributed by atoms with Crippen LogP contribution in [0.1, 0.15) is 17.0 Å². The Bertz CT molecular complexity index is 632. The molecule has 0 radical (unpaired) electrons. The molecule has 0 amide bonds. The highest BCUT2D eigenvalue weighted by Gasteiger charge is 2.16. The largest absolute Gasteiger partial charge is 0.464 e. The summed E-state index contributed by atoms with van der Waals surface area (Å²) in [6, 6.07) is 0.925. The fourth-order valence-corrected chi connectivity index (χ4v) is 1.37. The highest BCUT2D eigenvalue weighted by Crippen LogP contribution is 2.13. The van der Waals surface area contributed by atoms with E-state index in [2.05, 4.69) is 9.72 Å². The molecule has 2 heterocycles. The van der Waals surface area contributed by atoms with E-state index in [1.54, 1.807) is 0 Å². The van der Waals surface area contributed by atoms with E-state index < -0.39 is 18.1 Å². The van der Waals surface area contributed by atoms with Gasteiger partial charge in [-0.25, -0.2) is 9.78 Å². The summed E-state index contributed by atoms with van der Waals surface area (Å²) < 4.78 is 30.9. The van der Waals surface area contributed by atoms with Crippen LogP contribution in [-0.2, 0) is 4.74 Å². The van der Waals surface area contributed by atoms with E-state index in [-0.39, 0.29) is 11.5 Å². The average Bonchev–Trinajstić information content (AvgIpc) is 2.72. The van der Waals surface area contributed by atoms with Crippen LogP contribution in [0.3, 0.4) is 0 Å². The Kier molecular flexibility index (Phi) is 2.62. The molecule has 2 rings (SSSR count).